The van der Waals surface area contributed by atoms with Crippen LogP contribution in [0.3, 0.4) is 0 Å². The van der Waals surface area contributed by atoms with Gasteiger partial charge in [-0.25, -0.2) is 0 Å². The zero-order chi connectivity index (χ0) is 12.0. The maximum absolute atomic E-state index is 10.1. The Morgan fingerprint density at radius 2 is 2.00 bits per heavy atom. The number of nitrogens with two attached hydrogens (primary N) is 1. The smallest absolute Gasteiger partial charge is 0.0767 e. The summed E-state index contributed by atoms with van der Waals surface area (Å²) in [6.45, 7) is 3.48. The van der Waals surface area contributed by atoms with Crippen LogP contribution in [0.25, 0.3) is 0 Å². The summed E-state index contributed by atoms with van der Waals surface area (Å²) >= 11 is 0. The average molecular weight is 228 g/mol. The summed E-state index contributed by atoms with van der Waals surface area (Å²) in [7, 11) is 2.21. The molecule has 0 heterocycles. The summed E-state index contributed by atoms with van der Waals surface area (Å²) in [6, 6.07) is 0.785. The maximum atomic E-state index is 10.1. The molecule has 1 fully saturated rings. The molecule has 1 unspecified atom stereocenters. The van der Waals surface area contributed by atoms with Crippen LogP contribution in [0.5, 0.6) is 0 Å². The largest absolute Gasteiger partial charge is 0.389 e. The Hall–Kier alpha value is -0.120. The molecule has 1 rings (SSSR count). The molecule has 3 nitrogen and oxygen atoms in total. The first kappa shape index (κ1) is 13.9. The lowest BCUT2D eigenvalue weighted by Crippen LogP contribution is -2.38. The first-order chi connectivity index (χ1) is 7.61. The molecule has 1 aliphatic carbocycles. The van der Waals surface area contributed by atoms with Crippen LogP contribution in [0, 0.1) is 0 Å². The fraction of sp³-hybridized carbons (Fsp3) is 1.00. The summed E-state index contributed by atoms with van der Waals surface area (Å²) < 4.78 is 0. The van der Waals surface area contributed by atoms with E-state index in [0.717, 1.165) is 31.8 Å². The van der Waals surface area contributed by atoms with Gasteiger partial charge in [0.25, 0.3) is 0 Å². The van der Waals surface area contributed by atoms with Gasteiger partial charge in [-0.1, -0.05) is 19.8 Å². The van der Waals surface area contributed by atoms with Gasteiger partial charge in [-0.05, 0) is 45.7 Å². The van der Waals surface area contributed by atoms with E-state index in [1.54, 1.807) is 0 Å². The van der Waals surface area contributed by atoms with Crippen LogP contribution in [0.2, 0.25) is 0 Å². The number of nitrogens with zero attached hydrogens (tertiary/aromatic N) is 1. The van der Waals surface area contributed by atoms with E-state index in [4.69, 9.17) is 5.73 Å². The predicted molar refractivity (Wildman–Crippen MR) is 68.4 cm³/mol. The van der Waals surface area contributed by atoms with Crippen molar-refractivity contribution in [1.29, 1.82) is 0 Å². The highest BCUT2D eigenvalue weighted by Gasteiger charge is 2.23. The van der Waals surface area contributed by atoms with Gasteiger partial charge >= 0.3 is 0 Å². The maximum Gasteiger partial charge on any atom is 0.0767 e. The topological polar surface area (TPSA) is 49.5 Å². The van der Waals surface area contributed by atoms with Crippen LogP contribution in [-0.4, -0.2) is 41.8 Å². The Morgan fingerprint density at radius 3 is 2.50 bits per heavy atom. The van der Waals surface area contributed by atoms with Gasteiger partial charge in [0.05, 0.1) is 5.60 Å². The predicted octanol–water partition coefficient (Wildman–Crippen LogP) is 1.74. The molecule has 96 valence electrons. The molecule has 0 saturated heterocycles. The van der Waals surface area contributed by atoms with Crippen LogP contribution >= 0.6 is 0 Å². The van der Waals surface area contributed by atoms with E-state index in [-0.39, 0.29) is 0 Å². The first-order valence-electron chi connectivity index (χ1n) is 6.74. The van der Waals surface area contributed by atoms with Crippen molar-refractivity contribution in [2.24, 2.45) is 5.73 Å². The Kier molecular flexibility index (Phi) is 5.73. The molecule has 3 N–H and O–H groups in total. The second-order valence-electron chi connectivity index (χ2n) is 5.30. The van der Waals surface area contributed by atoms with Crippen molar-refractivity contribution in [1.82, 2.24) is 4.90 Å². The SMILES string of the molecule is CCC(O)(CN)CCCN(C)C1CCCC1. The van der Waals surface area contributed by atoms with Crippen LogP contribution in [-0.2, 0) is 0 Å². The quantitative estimate of drug-likeness (QED) is 0.698. The van der Waals surface area contributed by atoms with Gasteiger partial charge in [-0.15, -0.1) is 0 Å². The van der Waals surface area contributed by atoms with Crippen molar-refractivity contribution < 1.29 is 5.11 Å². The van der Waals surface area contributed by atoms with Crippen LogP contribution in [0.1, 0.15) is 51.9 Å². The summed E-state index contributed by atoms with van der Waals surface area (Å²) in [5, 5.41) is 10.1. The Balaban J connectivity index is 2.18. The molecule has 0 amide bonds. The minimum Gasteiger partial charge on any atom is -0.389 e. The Bertz CT molecular complexity index is 186. The first-order valence-corrected chi connectivity index (χ1v) is 6.74. The molecule has 1 saturated carbocycles. The molecule has 0 aromatic rings. The van der Waals surface area contributed by atoms with Gasteiger partial charge in [0, 0.05) is 12.6 Å². The van der Waals surface area contributed by atoms with Crippen molar-refractivity contribution in [3.8, 4) is 0 Å². The van der Waals surface area contributed by atoms with Gasteiger partial charge in [0.1, 0.15) is 0 Å². The monoisotopic (exact) mass is 228 g/mol. The number of aliphatic hydroxyl groups is 1. The third kappa shape index (κ3) is 4.04. The van der Waals surface area contributed by atoms with Crippen molar-refractivity contribution in [3.05, 3.63) is 0 Å². The number of hydrogen-bond donors (Lipinski definition) is 2. The minimum atomic E-state index is -0.628. The fourth-order valence-corrected chi connectivity index (χ4v) is 2.61. The summed E-state index contributed by atoms with van der Waals surface area (Å²) in [4.78, 5) is 2.46. The lowest BCUT2D eigenvalue weighted by molar-refractivity contribution is 0.0312. The number of rotatable bonds is 7. The molecule has 0 aromatic heterocycles. The van der Waals surface area contributed by atoms with E-state index in [0.29, 0.717) is 6.54 Å². The van der Waals surface area contributed by atoms with E-state index in [9.17, 15) is 5.11 Å². The third-order valence-electron chi connectivity index (χ3n) is 4.14. The summed E-state index contributed by atoms with van der Waals surface area (Å²) in [6.07, 6.45) is 8.12. The lowest BCUT2D eigenvalue weighted by atomic mass is 9.94. The summed E-state index contributed by atoms with van der Waals surface area (Å²) in [5.41, 5.74) is 4.96. The fourth-order valence-electron chi connectivity index (χ4n) is 2.61. The van der Waals surface area contributed by atoms with E-state index < -0.39 is 5.60 Å². The zero-order valence-corrected chi connectivity index (χ0v) is 10.9. The number of hydrogen-bond acceptors (Lipinski definition) is 3. The van der Waals surface area contributed by atoms with Crippen molar-refractivity contribution in [2.45, 2.75) is 63.5 Å². The molecule has 0 bridgehead atoms. The van der Waals surface area contributed by atoms with Gasteiger partial charge in [-0.3, -0.25) is 0 Å². The third-order valence-corrected chi connectivity index (χ3v) is 4.14. The van der Waals surface area contributed by atoms with Gasteiger partial charge in [0.2, 0.25) is 0 Å². The molecule has 0 radical (unpaired) electrons. The minimum absolute atomic E-state index is 0.386. The van der Waals surface area contributed by atoms with Gasteiger partial charge < -0.3 is 15.7 Å². The van der Waals surface area contributed by atoms with Crippen molar-refractivity contribution in [3.63, 3.8) is 0 Å². The molecule has 16 heavy (non-hydrogen) atoms. The average Bonchev–Trinajstić information content (AvgIpc) is 2.82. The van der Waals surface area contributed by atoms with E-state index in [2.05, 4.69) is 11.9 Å². The van der Waals surface area contributed by atoms with Crippen LogP contribution in [0.15, 0.2) is 0 Å². The van der Waals surface area contributed by atoms with E-state index in [1.165, 1.54) is 25.7 Å². The van der Waals surface area contributed by atoms with E-state index >= 15 is 0 Å². The molecular formula is C13H28N2O. The molecule has 1 aliphatic rings. The summed E-state index contributed by atoms with van der Waals surface area (Å²) in [5.74, 6) is 0. The van der Waals surface area contributed by atoms with Gasteiger partial charge in [0.15, 0.2) is 0 Å². The molecule has 3 heteroatoms. The molecule has 1 atom stereocenters. The van der Waals surface area contributed by atoms with Crippen molar-refractivity contribution >= 4 is 0 Å². The Morgan fingerprint density at radius 1 is 1.38 bits per heavy atom. The molecule has 0 aliphatic heterocycles. The molecule has 0 aromatic carbocycles. The van der Waals surface area contributed by atoms with Gasteiger partial charge in [-0.2, -0.15) is 0 Å². The standard InChI is InChI=1S/C13H28N2O/c1-3-13(16,11-14)9-6-10-15(2)12-7-4-5-8-12/h12,16H,3-11,14H2,1-2H3. The second-order valence-corrected chi connectivity index (χ2v) is 5.30. The second kappa shape index (κ2) is 6.58. The highest BCUT2D eigenvalue weighted by atomic mass is 16.3. The van der Waals surface area contributed by atoms with Crippen LogP contribution < -0.4 is 5.73 Å². The molecule has 0 spiro atoms. The van der Waals surface area contributed by atoms with Crippen LogP contribution in [0.4, 0.5) is 0 Å². The lowest BCUT2D eigenvalue weighted by Gasteiger charge is -2.28. The molecular weight excluding hydrogens is 200 g/mol. The highest BCUT2D eigenvalue weighted by Crippen LogP contribution is 2.23. The van der Waals surface area contributed by atoms with E-state index in [1.807, 2.05) is 6.92 Å². The normalized spacial score (nSPS) is 21.6. The van der Waals surface area contributed by atoms with Crippen molar-refractivity contribution in [2.75, 3.05) is 20.1 Å². The zero-order valence-electron chi connectivity index (χ0n) is 10.9. The highest BCUT2D eigenvalue weighted by molar-refractivity contribution is 4.79. The Labute approximate surface area is 100 Å².